The molecule has 2 aromatic rings. The Labute approximate surface area is 241 Å². The van der Waals surface area contributed by atoms with Crippen LogP contribution in [0.5, 0.6) is 5.75 Å². The number of fused-ring (bicyclic) bond motifs is 1. The molecule has 1 aromatic carbocycles. The average Bonchev–Trinajstić information content (AvgIpc) is 3.00. The number of aromatic nitrogens is 1. The zero-order chi connectivity index (χ0) is 30.4. The standard InChI is InChI=1S/C30H34F2N4O6/c1-18-9-12-23(17-41-19(2)37)34-36-15-24(29(39)33-14-21-10-11-22(31)13-25(21)32)27(38)28(26(36)30(40)35(18)3)42-16-20-7-5-4-6-8-20/h4-8,10-11,15,18,23,25,34H,9,12-14,16-17H2,1-3H3,(H,33,39)/t18-,23-,25?/m0/s1. The number of rotatable bonds is 8. The fourth-order valence-corrected chi connectivity index (χ4v) is 4.64. The van der Waals surface area contributed by atoms with Crippen LogP contribution in [0.15, 0.2) is 64.9 Å². The van der Waals surface area contributed by atoms with Gasteiger partial charge in [0.15, 0.2) is 11.4 Å². The summed E-state index contributed by atoms with van der Waals surface area (Å²) in [5.41, 5.74) is 2.67. The van der Waals surface area contributed by atoms with Crippen molar-refractivity contribution in [3.05, 3.63) is 87.1 Å². The summed E-state index contributed by atoms with van der Waals surface area (Å²) in [6, 6.07) is 8.28. The number of carbonyl (C=O) groups excluding carboxylic acids is 3. The number of halogens is 2. The van der Waals surface area contributed by atoms with Gasteiger partial charge in [-0.2, -0.15) is 0 Å². The van der Waals surface area contributed by atoms with Gasteiger partial charge in [-0.05, 0) is 37.0 Å². The molecule has 2 N–H and O–H groups in total. The molecule has 0 fully saturated rings. The zero-order valence-electron chi connectivity index (χ0n) is 23.7. The van der Waals surface area contributed by atoms with Crippen LogP contribution in [-0.2, 0) is 16.1 Å². The summed E-state index contributed by atoms with van der Waals surface area (Å²) in [6.45, 7) is 2.80. The van der Waals surface area contributed by atoms with E-state index in [0.29, 0.717) is 12.8 Å². The van der Waals surface area contributed by atoms with E-state index in [1.165, 1.54) is 28.8 Å². The lowest BCUT2D eigenvalue weighted by atomic mass is 10.0. The first kappa shape index (κ1) is 30.5. The van der Waals surface area contributed by atoms with Crippen LogP contribution >= 0.6 is 0 Å². The molecule has 1 unspecified atom stereocenters. The number of hydrogen-bond donors (Lipinski definition) is 2. The van der Waals surface area contributed by atoms with Crippen molar-refractivity contribution in [3.63, 3.8) is 0 Å². The topological polar surface area (TPSA) is 119 Å². The predicted octanol–water partition coefficient (Wildman–Crippen LogP) is 3.41. The van der Waals surface area contributed by atoms with E-state index in [0.717, 1.165) is 11.6 Å². The SMILES string of the molecule is CC(=O)OC[C@@H]1CC[C@H](C)N(C)C(=O)c2c(OCc3ccccc3)c(=O)c(C(=O)NCC3=CC=C(F)CC3F)cn2N1. The molecule has 0 bridgehead atoms. The molecule has 2 heterocycles. The lowest BCUT2D eigenvalue weighted by molar-refractivity contribution is -0.141. The molecule has 42 heavy (non-hydrogen) atoms. The Morgan fingerprint density at radius 3 is 2.57 bits per heavy atom. The third-order valence-electron chi connectivity index (χ3n) is 7.27. The molecule has 0 spiro atoms. The molecule has 4 rings (SSSR count). The summed E-state index contributed by atoms with van der Waals surface area (Å²) in [5, 5.41) is 2.52. The van der Waals surface area contributed by atoms with E-state index in [4.69, 9.17) is 9.47 Å². The van der Waals surface area contributed by atoms with Crippen LogP contribution < -0.4 is 20.9 Å². The second-order valence-corrected chi connectivity index (χ2v) is 10.4. The van der Waals surface area contributed by atoms with Gasteiger partial charge < -0.3 is 25.1 Å². The van der Waals surface area contributed by atoms with Crippen LogP contribution in [0.4, 0.5) is 8.78 Å². The predicted molar refractivity (Wildman–Crippen MR) is 151 cm³/mol. The van der Waals surface area contributed by atoms with E-state index in [9.17, 15) is 28.0 Å². The summed E-state index contributed by atoms with van der Waals surface area (Å²) in [7, 11) is 1.61. The van der Waals surface area contributed by atoms with E-state index in [-0.39, 0.29) is 48.4 Å². The van der Waals surface area contributed by atoms with Gasteiger partial charge in [-0.1, -0.05) is 36.4 Å². The van der Waals surface area contributed by atoms with Crippen molar-refractivity contribution in [1.82, 2.24) is 14.9 Å². The molecule has 0 saturated carbocycles. The zero-order valence-corrected chi connectivity index (χ0v) is 23.7. The monoisotopic (exact) mass is 584 g/mol. The van der Waals surface area contributed by atoms with Crippen molar-refractivity contribution >= 4 is 17.8 Å². The minimum absolute atomic E-state index is 0.0244. The van der Waals surface area contributed by atoms with Gasteiger partial charge in [0.1, 0.15) is 30.8 Å². The quantitative estimate of drug-likeness (QED) is 0.457. The molecular weight excluding hydrogens is 550 g/mol. The van der Waals surface area contributed by atoms with Crippen molar-refractivity contribution in [1.29, 1.82) is 0 Å². The first-order valence-electron chi connectivity index (χ1n) is 13.7. The fraction of sp³-hybridized carbons (Fsp3) is 0.400. The van der Waals surface area contributed by atoms with Crippen LogP contribution in [0.25, 0.3) is 0 Å². The Hall–Kier alpha value is -4.48. The second-order valence-electron chi connectivity index (χ2n) is 10.4. The lowest BCUT2D eigenvalue weighted by Gasteiger charge is -2.26. The molecule has 0 saturated heterocycles. The summed E-state index contributed by atoms with van der Waals surface area (Å²) in [4.78, 5) is 53.8. The van der Waals surface area contributed by atoms with Crippen molar-refractivity contribution in [2.45, 2.75) is 58.0 Å². The number of allylic oxidation sites excluding steroid dienone is 3. The van der Waals surface area contributed by atoms with Crippen LogP contribution in [0, 0.1) is 0 Å². The first-order chi connectivity index (χ1) is 20.0. The Balaban J connectivity index is 1.77. The number of nitrogens with one attached hydrogen (secondary N) is 2. The number of carbonyl (C=O) groups is 3. The van der Waals surface area contributed by atoms with Gasteiger partial charge in [0.2, 0.25) is 5.43 Å². The van der Waals surface area contributed by atoms with E-state index < -0.39 is 47.7 Å². The van der Waals surface area contributed by atoms with Crippen LogP contribution in [0.1, 0.15) is 59.5 Å². The van der Waals surface area contributed by atoms with Crippen LogP contribution in [-0.4, -0.2) is 65.8 Å². The van der Waals surface area contributed by atoms with Gasteiger partial charge in [0.25, 0.3) is 11.8 Å². The number of ether oxygens (including phenoxy) is 2. The highest BCUT2D eigenvalue weighted by Crippen LogP contribution is 2.24. The smallest absolute Gasteiger partial charge is 0.302 e. The summed E-state index contributed by atoms with van der Waals surface area (Å²) in [6.07, 6.45) is 2.59. The van der Waals surface area contributed by atoms with Crippen molar-refractivity contribution in [2.75, 3.05) is 25.6 Å². The van der Waals surface area contributed by atoms with Crippen molar-refractivity contribution in [2.24, 2.45) is 0 Å². The Morgan fingerprint density at radius 2 is 1.88 bits per heavy atom. The molecule has 1 aliphatic heterocycles. The average molecular weight is 585 g/mol. The summed E-state index contributed by atoms with van der Waals surface area (Å²) in [5.74, 6) is -2.79. The summed E-state index contributed by atoms with van der Waals surface area (Å²) < 4.78 is 40.1. The lowest BCUT2D eigenvalue weighted by Crippen LogP contribution is -2.40. The second kappa shape index (κ2) is 13.5. The maximum Gasteiger partial charge on any atom is 0.302 e. The van der Waals surface area contributed by atoms with Gasteiger partial charge in [0, 0.05) is 39.2 Å². The van der Waals surface area contributed by atoms with Crippen molar-refractivity contribution < 1.29 is 32.6 Å². The molecule has 2 aliphatic rings. The molecule has 1 aromatic heterocycles. The minimum atomic E-state index is -1.61. The third kappa shape index (κ3) is 7.23. The van der Waals surface area contributed by atoms with E-state index in [1.807, 2.05) is 13.0 Å². The van der Waals surface area contributed by atoms with Crippen LogP contribution in [0.2, 0.25) is 0 Å². The normalized spacial score (nSPS) is 20.5. The highest BCUT2D eigenvalue weighted by Gasteiger charge is 2.32. The maximum atomic E-state index is 14.3. The van der Waals surface area contributed by atoms with Gasteiger partial charge in [-0.25, -0.2) is 8.78 Å². The number of benzene rings is 1. The van der Waals surface area contributed by atoms with Gasteiger partial charge in [-0.3, -0.25) is 23.9 Å². The number of nitrogens with zero attached hydrogens (tertiary/aromatic N) is 2. The van der Waals surface area contributed by atoms with E-state index in [2.05, 4.69) is 10.7 Å². The van der Waals surface area contributed by atoms with Gasteiger partial charge in [-0.15, -0.1) is 0 Å². The Morgan fingerprint density at radius 1 is 1.14 bits per heavy atom. The fourth-order valence-electron chi connectivity index (χ4n) is 4.64. The molecule has 12 heteroatoms. The number of pyridine rings is 1. The largest absolute Gasteiger partial charge is 0.482 e. The number of esters is 1. The Kier molecular flexibility index (Phi) is 9.76. The highest BCUT2D eigenvalue weighted by molar-refractivity contribution is 5.99. The van der Waals surface area contributed by atoms with E-state index >= 15 is 0 Å². The van der Waals surface area contributed by atoms with E-state index in [1.54, 1.807) is 31.3 Å². The van der Waals surface area contributed by atoms with Crippen LogP contribution in [0.3, 0.4) is 0 Å². The van der Waals surface area contributed by atoms with Crippen molar-refractivity contribution in [3.8, 4) is 5.75 Å². The maximum absolute atomic E-state index is 14.3. The Bertz CT molecular complexity index is 1460. The first-order valence-corrected chi connectivity index (χ1v) is 13.7. The third-order valence-corrected chi connectivity index (χ3v) is 7.27. The molecule has 224 valence electrons. The molecule has 3 atom stereocenters. The number of amides is 2. The molecule has 2 amide bonds. The van der Waals surface area contributed by atoms with Gasteiger partial charge >= 0.3 is 5.97 Å². The molecular formula is C30H34F2N4O6. The highest BCUT2D eigenvalue weighted by atomic mass is 19.1. The minimum Gasteiger partial charge on any atom is -0.482 e. The summed E-state index contributed by atoms with van der Waals surface area (Å²) >= 11 is 0. The van der Waals surface area contributed by atoms with Gasteiger partial charge in [0.05, 0.1) is 6.04 Å². The molecule has 0 radical (unpaired) electrons. The molecule has 1 aliphatic carbocycles. The molecule has 10 nitrogen and oxygen atoms in total. The number of alkyl halides is 1. The number of hydrogen-bond acceptors (Lipinski definition) is 7.